The van der Waals surface area contributed by atoms with Crippen molar-refractivity contribution >= 4 is 16.6 Å². The van der Waals surface area contributed by atoms with Gasteiger partial charge >= 0.3 is 0 Å². The number of hydrogen-bond acceptors (Lipinski definition) is 3. The van der Waals surface area contributed by atoms with Crippen LogP contribution in [0.3, 0.4) is 0 Å². The van der Waals surface area contributed by atoms with Crippen molar-refractivity contribution in [1.82, 2.24) is 10.2 Å². The van der Waals surface area contributed by atoms with Crippen LogP contribution < -0.4 is 5.73 Å². The topological polar surface area (TPSA) is 74.9 Å². The summed E-state index contributed by atoms with van der Waals surface area (Å²) < 4.78 is 0. The Labute approximate surface area is 75.4 Å². The molecule has 2 rings (SSSR count). The Balaban J connectivity index is 2.69. The molecule has 4 N–H and O–H groups in total. The molecule has 1 unspecified atom stereocenters. The molecular weight excluding hydrogens is 166 g/mol. The summed E-state index contributed by atoms with van der Waals surface area (Å²) in [7, 11) is 0. The largest absolute Gasteiger partial charge is 0.399 e. The van der Waals surface area contributed by atoms with Crippen molar-refractivity contribution in [2.24, 2.45) is 0 Å². The van der Waals surface area contributed by atoms with E-state index in [2.05, 4.69) is 10.2 Å². The number of H-pyrrole nitrogens is 1. The van der Waals surface area contributed by atoms with Gasteiger partial charge in [0, 0.05) is 11.1 Å². The lowest BCUT2D eigenvalue weighted by Gasteiger charge is -2.00. The summed E-state index contributed by atoms with van der Waals surface area (Å²) in [6.07, 6.45) is -0.534. The molecule has 2 aromatic rings. The molecule has 4 heteroatoms. The van der Waals surface area contributed by atoms with Crippen LogP contribution in [-0.2, 0) is 0 Å². The Morgan fingerprint density at radius 1 is 1.54 bits per heavy atom. The number of aromatic nitrogens is 2. The third-order valence-corrected chi connectivity index (χ3v) is 2.03. The van der Waals surface area contributed by atoms with Gasteiger partial charge in [0.25, 0.3) is 0 Å². The van der Waals surface area contributed by atoms with Crippen molar-refractivity contribution in [2.75, 3.05) is 5.73 Å². The van der Waals surface area contributed by atoms with Crippen LogP contribution in [0.5, 0.6) is 0 Å². The van der Waals surface area contributed by atoms with Crippen LogP contribution in [0.2, 0.25) is 0 Å². The smallest absolute Gasteiger partial charge is 0.0945 e. The molecule has 0 bridgehead atoms. The van der Waals surface area contributed by atoms with Crippen LogP contribution in [0.1, 0.15) is 18.7 Å². The minimum absolute atomic E-state index is 0.534. The van der Waals surface area contributed by atoms with Crippen LogP contribution in [0, 0.1) is 0 Å². The molecule has 0 amide bonds. The van der Waals surface area contributed by atoms with Crippen LogP contribution in [0.15, 0.2) is 18.2 Å². The van der Waals surface area contributed by atoms with Crippen LogP contribution in [0.25, 0.3) is 10.9 Å². The highest BCUT2D eigenvalue weighted by Gasteiger charge is 2.09. The van der Waals surface area contributed by atoms with E-state index in [4.69, 9.17) is 5.73 Å². The number of hydrogen-bond donors (Lipinski definition) is 3. The van der Waals surface area contributed by atoms with E-state index in [1.807, 2.05) is 6.07 Å². The van der Waals surface area contributed by atoms with Crippen molar-refractivity contribution in [3.05, 3.63) is 23.9 Å². The maximum Gasteiger partial charge on any atom is 0.0945 e. The average molecular weight is 177 g/mol. The van der Waals surface area contributed by atoms with Crippen LogP contribution >= 0.6 is 0 Å². The molecule has 68 valence electrons. The number of aliphatic hydroxyl groups is 1. The monoisotopic (exact) mass is 177 g/mol. The molecule has 4 nitrogen and oxygen atoms in total. The highest BCUT2D eigenvalue weighted by molar-refractivity contribution is 5.84. The zero-order chi connectivity index (χ0) is 9.42. The molecule has 1 aromatic heterocycles. The van der Waals surface area contributed by atoms with Crippen molar-refractivity contribution < 1.29 is 5.11 Å². The molecule has 1 heterocycles. The van der Waals surface area contributed by atoms with Gasteiger partial charge in [0.2, 0.25) is 0 Å². The van der Waals surface area contributed by atoms with Gasteiger partial charge in [-0.05, 0) is 25.1 Å². The lowest BCUT2D eigenvalue weighted by Crippen LogP contribution is -1.91. The molecule has 0 aliphatic heterocycles. The number of rotatable bonds is 1. The molecule has 0 saturated heterocycles. The number of nitrogens with zero attached hydrogens (tertiary/aromatic N) is 1. The third-order valence-electron chi connectivity index (χ3n) is 2.03. The van der Waals surface area contributed by atoms with Gasteiger partial charge < -0.3 is 10.8 Å². The SMILES string of the molecule is CC(O)c1[nH]nc2cc(N)ccc12. The molecule has 0 aliphatic carbocycles. The number of fused-ring (bicyclic) bond motifs is 1. The average Bonchev–Trinajstić information content (AvgIpc) is 2.46. The fourth-order valence-corrected chi connectivity index (χ4v) is 1.37. The fourth-order valence-electron chi connectivity index (χ4n) is 1.37. The fraction of sp³-hybridized carbons (Fsp3) is 0.222. The van der Waals surface area contributed by atoms with E-state index in [9.17, 15) is 5.11 Å². The molecular formula is C9H11N3O. The Morgan fingerprint density at radius 2 is 2.31 bits per heavy atom. The predicted octanol–water partition coefficient (Wildman–Crippen LogP) is 1.20. The molecule has 13 heavy (non-hydrogen) atoms. The summed E-state index contributed by atoms with van der Waals surface area (Å²) in [5.41, 5.74) is 7.79. The lowest BCUT2D eigenvalue weighted by atomic mass is 10.1. The molecule has 0 aliphatic rings. The number of nitrogens with one attached hydrogen (secondary N) is 1. The molecule has 0 saturated carbocycles. The zero-order valence-corrected chi connectivity index (χ0v) is 7.28. The summed E-state index contributed by atoms with van der Waals surface area (Å²) >= 11 is 0. The number of anilines is 1. The Bertz CT molecular complexity index is 433. The van der Waals surface area contributed by atoms with Gasteiger partial charge in [0.1, 0.15) is 0 Å². The minimum Gasteiger partial charge on any atom is -0.399 e. The first-order chi connectivity index (χ1) is 6.18. The number of aliphatic hydroxyl groups excluding tert-OH is 1. The normalized spacial score (nSPS) is 13.4. The predicted molar refractivity (Wildman–Crippen MR) is 51.1 cm³/mol. The Kier molecular flexibility index (Phi) is 1.70. The number of aromatic amines is 1. The molecule has 1 atom stereocenters. The Hall–Kier alpha value is -1.55. The van der Waals surface area contributed by atoms with E-state index in [1.54, 1.807) is 19.1 Å². The lowest BCUT2D eigenvalue weighted by molar-refractivity contribution is 0.195. The summed E-state index contributed by atoms with van der Waals surface area (Å²) in [6.45, 7) is 1.70. The van der Waals surface area contributed by atoms with Gasteiger partial charge in [0.15, 0.2) is 0 Å². The van der Waals surface area contributed by atoms with Gasteiger partial charge in [-0.1, -0.05) is 0 Å². The van der Waals surface area contributed by atoms with Gasteiger partial charge in [-0.15, -0.1) is 0 Å². The standard InChI is InChI=1S/C9H11N3O/c1-5(13)9-7-3-2-6(10)4-8(7)11-12-9/h2-5,13H,10H2,1H3,(H,11,12). The van der Waals surface area contributed by atoms with Crippen molar-refractivity contribution in [2.45, 2.75) is 13.0 Å². The third kappa shape index (κ3) is 1.25. The summed E-state index contributed by atoms with van der Waals surface area (Å²) in [6, 6.07) is 5.43. The molecule has 1 aromatic carbocycles. The van der Waals surface area contributed by atoms with E-state index in [-0.39, 0.29) is 0 Å². The first-order valence-electron chi connectivity index (χ1n) is 4.10. The number of nitrogens with two attached hydrogens (primary N) is 1. The minimum atomic E-state index is -0.534. The first kappa shape index (κ1) is 8.07. The molecule has 0 fully saturated rings. The maximum atomic E-state index is 9.38. The second-order valence-corrected chi connectivity index (χ2v) is 3.09. The van der Waals surface area contributed by atoms with Gasteiger partial charge in [-0.3, -0.25) is 5.10 Å². The number of benzene rings is 1. The first-order valence-corrected chi connectivity index (χ1v) is 4.10. The van der Waals surface area contributed by atoms with Gasteiger partial charge in [0.05, 0.1) is 17.3 Å². The van der Waals surface area contributed by atoms with Crippen LogP contribution in [0.4, 0.5) is 5.69 Å². The maximum absolute atomic E-state index is 9.38. The summed E-state index contributed by atoms with van der Waals surface area (Å²) in [4.78, 5) is 0. The van der Waals surface area contributed by atoms with Gasteiger partial charge in [-0.2, -0.15) is 5.10 Å². The summed E-state index contributed by atoms with van der Waals surface area (Å²) in [5, 5.41) is 17.1. The quantitative estimate of drug-likeness (QED) is 0.573. The van der Waals surface area contributed by atoms with Gasteiger partial charge in [-0.25, -0.2) is 0 Å². The highest BCUT2D eigenvalue weighted by atomic mass is 16.3. The molecule has 0 radical (unpaired) electrons. The zero-order valence-electron chi connectivity index (χ0n) is 7.28. The van der Waals surface area contributed by atoms with E-state index in [0.717, 1.165) is 16.6 Å². The van der Waals surface area contributed by atoms with Crippen LogP contribution in [-0.4, -0.2) is 15.3 Å². The highest BCUT2D eigenvalue weighted by Crippen LogP contribution is 2.22. The number of nitrogen functional groups attached to an aromatic ring is 1. The van der Waals surface area contributed by atoms with Crippen molar-refractivity contribution in [3.8, 4) is 0 Å². The van der Waals surface area contributed by atoms with E-state index < -0.39 is 6.10 Å². The van der Waals surface area contributed by atoms with Crippen molar-refractivity contribution in [3.63, 3.8) is 0 Å². The Morgan fingerprint density at radius 3 is 3.00 bits per heavy atom. The van der Waals surface area contributed by atoms with Crippen molar-refractivity contribution in [1.29, 1.82) is 0 Å². The van der Waals surface area contributed by atoms with E-state index >= 15 is 0 Å². The van der Waals surface area contributed by atoms with E-state index in [0.29, 0.717) is 5.69 Å². The summed E-state index contributed by atoms with van der Waals surface area (Å²) in [5.74, 6) is 0. The van der Waals surface area contributed by atoms with E-state index in [1.165, 1.54) is 0 Å². The second kappa shape index (κ2) is 2.74. The second-order valence-electron chi connectivity index (χ2n) is 3.09. The molecule has 0 spiro atoms.